The zero-order chi connectivity index (χ0) is 22.0. The van der Waals surface area contributed by atoms with Crippen molar-refractivity contribution in [1.29, 1.82) is 0 Å². The number of hydrogen-bond donors (Lipinski definition) is 0. The number of ketones is 1. The predicted octanol–water partition coefficient (Wildman–Crippen LogP) is 4.71. The van der Waals surface area contributed by atoms with Gasteiger partial charge in [0.05, 0.1) is 24.5 Å². The van der Waals surface area contributed by atoms with Gasteiger partial charge in [0.25, 0.3) is 5.95 Å². The van der Waals surface area contributed by atoms with E-state index in [9.17, 15) is 4.79 Å². The second-order valence-electron chi connectivity index (χ2n) is 7.02. The highest BCUT2D eigenvalue weighted by Crippen LogP contribution is 2.29. The summed E-state index contributed by atoms with van der Waals surface area (Å²) < 4.78 is 11.4. The third-order valence-corrected chi connectivity index (χ3v) is 3.80. The van der Waals surface area contributed by atoms with Crippen molar-refractivity contribution in [2.24, 2.45) is 11.1 Å². The van der Waals surface area contributed by atoms with Gasteiger partial charge in [-0.3, -0.25) is 4.79 Å². The minimum absolute atomic E-state index is 0.147. The summed E-state index contributed by atoms with van der Waals surface area (Å²) in [6, 6.07) is 4.95. The van der Waals surface area contributed by atoms with Crippen LogP contribution in [0.2, 0.25) is 0 Å². The summed E-state index contributed by atoms with van der Waals surface area (Å²) >= 11 is 0. The quantitative estimate of drug-likeness (QED) is 0.103. The molecule has 0 atom stereocenters. The van der Waals surface area contributed by atoms with E-state index in [4.69, 9.17) is 22.2 Å². The molecule has 0 aliphatic heterocycles. The second kappa shape index (κ2) is 12.1. The average Bonchev–Trinajstić information content (AvgIpc) is 2.65. The molecule has 0 N–H and O–H groups in total. The maximum Gasteiger partial charge on any atom is 0.283 e. The first kappa shape index (κ1) is 24.5. The summed E-state index contributed by atoms with van der Waals surface area (Å²) in [6.07, 6.45) is 2.50. The van der Waals surface area contributed by atoms with Crippen molar-refractivity contribution in [2.75, 3.05) is 13.2 Å². The van der Waals surface area contributed by atoms with Crippen LogP contribution >= 0.6 is 0 Å². The molecule has 1 aromatic rings. The number of oxime groups is 1. The third kappa shape index (κ3) is 7.45. The molecule has 0 saturated heterocycles. The van der Waals surface area contributed by atoms with E-state index in [0.29, 0.717) is 47.9 Å². The van der Waals surface area contributed by atoms with Crippen LogP contribution in [0.4, 0.5) is 0 Å². The monoisotopic (exact) mass is 397 g/mol. The number of carbonyl (C=O) groups is 1. The Balaban J connectivity index is 3.60. The molecule has 0 amide bonds. The van der Waals surface area contributed by atoms with Crippen LogP contribution in [0.5, 0.6) is 5.75 Å². The molecule has 5 nitrogen and oxygen atoms in total. The van der Waals surface area contributed by atoms with Crippen molar-refractivity contribution in [3.05, 3.63) is 46.9 Å². The van der Waals surface area contributed by atoms with Crippen molar-refractivity contribution >= 4 is 24.8 Å². The number of hydrogen-bond acceptors (Lipinski definition) is 5. The van der Waals surface area contributed by atoms with Gasteiger partial charge in [-0.2, -0.15) is 0 Å². The van der Waals surface area contributed by atoms with Crippen LogP contribution in [0.25, 0.3) is 0 Å². The third-order valence-electron chi connectivity index (χ3n) is 3.80. The molecule has 0 aromatic heterocycles. The van der Waals surface area contributed by atoms with Crippen LogP contribution in [0, 0.1) is 5.92 Å². The van der Waals surface area contributed by atoms with Crippen molar-refractivity contribution < 1.29 is 19.1 Å². The summed E-state index contributed by atoms with van der Waals surface area (Å²) in [6.45, 7) is 14.3. The van der Waals surface area contributed by atoms with Gasteiger partial charge < -0.3 is 14.3 Å². The fourth-order valence-corrected chi connectivity index (χ4v) is 2.66. The van der Waals surface area contributed by atoms with Gasteiger partial charge in [0.1, 0.15) is 7.85 Å². The van der Waals surface area contributed by atoms with E-state index in [2.05, 4.69) is 5.16 Å². The topological polar surface area (TPSA) is 57.1 Å². The lowest BCUT2D eigenvalue weighted by atomic mass is 9.89. The standard InChI is InChI=1S/C23H32BNO4/c1-8-18(23(27-9-2)28-10-3)20(13-15(4)5)22(26)19-12-11-17(24)14-21(19)29-25-16(6)7/h11-15H,8-10H2,1-7H3/b20-13+. The molecule has 156 valence electrons. The Labute approximate surface area is 176 Å². The van der Waals surface area contributed by atoms with Crippen molar-refractivity contribution in [3.8, 4) is 5.75 Å². The smallest absolute Gasteiger partial charge is 0.283 e. The Morgan fingerprint density at radius 1 is 1.14 bits per heavy atom. The number of carbonyl (C=O) groups excluding carboxylic acids is 1. The van der Waals surface area contributed by atoms with Gasteiger partial charge in [0.2, 0.25) is 0 Å². The molecule has 0 saturated carbocycles. The van der Waals surface area contributed by atoms with Gasteiger partial charge in [0.15, 0.2) is 11.5 Å². The van der Waals surface area contributed by atoms with Crippen LogP contribution in [0.3, 0.4) is 0 Å². The summed E-state index contributed by atoms with van der Waals surface area (Å²) in [5.74, 6) is 0.661. The Morgan fingerprint density at radius 2 is 1.76 bits per heavy atom. The molecule has 0 unspecified atom stereocenters. The zero-order valence-electron chi connectivity index (χ0n) is 18.7. The van der Waals surface area contributed by atoms with Crippen LogP contribution in [0.15, 0.2) is 46.5 Å². The molecule has 1 aromatic carbocycles. The normalized spacial score (nSPS) is 11.1. The fourth-order valence-electron chi connectivity index (χ4n) is 2.66. The molecule has 0 bridgehead atoms. The SMILES string of the molecule is [B]c1ccc(C(=O)/C(=C/C(C)C)C(CC)=C(OCC)OCC)c(ON=C(C)C)c1. The van der Waals surface area contributed by atoms with Crippen molar-refractivity contribution in [1.82, 2.24) is 0 Å². The maximum atomic E-state index is 13.6. The first-order valence-electron chi connectivity index (χ1n) is 10.1. The molecule has 0 heterocycles. The van der Waals surface area contributed by atoms with Crippen molar-refractivity contribution in [3.63, 3.8) is 0 Å². The highest BCUT2D eigenvalue weighted by molar-refractivity contribution is 6.32. The minimum Gasteiger partial charge on any atom is -0.466 e. The van der Waals surface area contributed by atoms with Crippen molar-refractivity contribution in [2.45, 2.75) is 54.9 Å². The molecule has 1 rings (SSSR count). The highest BCUT2D eigenvalue weighted by atomic mass is 16.7. The Bertz CT molecular complexity index is 782. The van der Waals surface area contributed by atoms with Crippen LogP contribution in [-0.2, 0) is 9.47 Å². The first-order chi connectivity index (χ1) is 13.7. The molecule has 29 heavy (non-hydrogen) atoms. The molecule has 0 spiro atoms. The van der Waals surface area contributed by atoms with Gasteiger partial charge in [-0.15, -0.1) is 0 Å². The maximum absolute atomic E-state index is 13.6. The summed E-state index contributed by atoms with van der Waals surface area (Å²) in [5.41, 5.74) is 2.87. The largest absolute Gasteiger partial charge is 0.466 e. The summed E-state index contributed by atoms with van der Waals surface area (Å²) in [4.78, 5) is 19.1. The average molecular weight is 397 g/mol. The first-order valence-corrected chi connectivity index (χ1v) is 10.1. The van der Waals surface area contributed by atoms with E-state index < -0.39 is 0 Å². The lowest BCUT2D eigenvalue weighted by Gasteiger charge is -2.18. The molecule has 2 radical (unpaired) electrons. The predicted molar refractivity (Wildman–Crippen MR) is 119 cm³/mol. The molecule has 6 heteroatoms. The minimum atomic E-state index is -0.189. The molecular weight excluding hydrogens is 365 g/mol. The fraction of sp³-hybridized carbons (Fsp3) is 0.478. The summed E-state index contributed by atoms with van der Waals surface area (Å²) in [5, 5.41) is 3.99. The van der Waals surface area contributed by atoms with E-state index in [1.165, 1.54) is 0 Å². The number of nitrogens with zero attached hydrogens (tertiary/aromatic N) is 1. The van der Waals surface area contributed by atoms with Gasteiger partial charge in [-0.25, -0.2) is 0 Å². The lowest BCUT2D eigenvalue weighted by molar-refractivity contribution is 0.0425. The van der Waals surface area contributed by atoms with E-state index in [1.54, 1.807) is 18.2 Å². The van der Waals surface area contributed by atoms with E-state index in [1.807, 2.05) is 54.5 Å². The van der Waals surface area contributed by atoms with Gasteiger partial charge in [-0.1, -0.05) is 43.5 Å². The molecular formula is C23H32BNO4. The van der Waals surface area contributed by atoms with Gasteiger partial charge in [-0.05, 0) is 52.2 Å². The van der Waals surface area contributed by atoms with Gasteiger partial charge >= 0.3 is 0 Å². The Hall–Kier alpha value is -2.50. The van der Waals surface area contributed by atoms with E-state index in [-0.39, 0.29) is 11.7 Å². The highest BCUT2D eigenvalue weighted by Gasteiger charge is 2.24. The van der Waals surface area contributed by atoms with E-state index >= 15 is 0 Å². The number of rotatable bonds is 11. The lowest BCUT2D eigenvalue weighted by Crippen LogP contribution is -2.14. The molecule has 0 fully saturated rings. The zero-order valence-corrected chi connectivity index (χ0v) is 18.7. The van der Waals surface area contributed by atoms with Gasteiger partial charge in [0, 0.05) is 11.1 Å². The Morgan fingerprint density at radius 3 is 2.24 bits per heavy atom. The number of ether oxygens (including phenoxy) is 2. The number of allylic oxidation sites excluding steroid dienone is 3. The number of benzene rings is 1. The molecule has 0 aliphatic rings. The molecule has 0 aliphatic carbocycles. The van der Waals surface area contributed by atoms with Crippen LogP contribution in [-0.4, -0.2) is 32.6 Å². The second-order valence-corrected chi connectivity index (χ2v) is 7.02. The Kier molecular flexibility index (Phi) is 10.3. The summed E-state index contributed by atoms with van der Waals surface area (Å²) in [7, 11) is 5.90. The number of Topliss-reactive ketones (excluding diaryl/α,β-unsaturated/α-hetero) is 1. The van der Waals surface area contributed by atoms with E-state index in [0.717, 1.165) is 11.3 Å². The van der Waals surface area contributed by atoms with Crippen LogP contribution in [0.1, 0.15) is 65.2 Å². The van der Waals surface area contributed by atoms with Crippen LogP contribution < -0.4 is 10.3 Å².